The molecular weight excluding hydrogens is 188 g/mol. The normalized spacial score (nSPS) is 11.8. The molecule has 0 aliphatic rings. The summed E-state index contributed by atoms with van der Waals surface area (Å²) in [4.78, 5) is 0. The van der Waals surface area contributed by atoms with Crippen LogP contribution in [-0.2, 0) is 4.74 Å². The van der Waals surface area contributed by atoms with Crippen molar-refractivity contribution < 1.29 is 4.74 Å². The minimum atomic E-state index is 0.200. The number of hydrogen-bond acceptors (Lipinski definition) is 3. The predicted octanol–water partition coefficient (Wildman–Crippen LogP) is 2.40. The fourth-order valence-corrected chi connectivity index (χ4v) is 1.27. The molecule has 3 heteroatoms. The molecule has 0 aliphatic heterocycles. The molecule has 0 amide bonds. The van der Waals surface area contributed by atoms with Gasteiger partial charge < -0.3 is 10.1 Å². The van der Waals surface area contributed by atoms with Gasteiger partial charge in [0.2, 0.25) is 0 Å². The maximum atomic E-state index is 8.63. The topological polar surface area (TPSA) is 45.0 Å². The van der Waals surface area contributed by atoms with Gasteiger partial charge in [-0.2, -0.15) is 5.26 Å². The van der Waals surface area contributed by atoms with Gasteiger partial charge in [-0.25, -0.2) is 0 Å². The third-order valence-corrected chi connectivity index (χ3v) is 2.06. The van der Waals surface area contributed by atoms with Crippen LogP contribution in [-0.4, -0.2) is 19.3 Å². The SMILES string of the molecule is CCOC(C)CNc1ccc(C#N)cc1. The lowest BCUT2D eigenvalue weighted by Crippen LogP contribution is -2.19. The molecule has 0 saturated heterocycles. The van der Waals surface area contributed by atoms with Crippen LogP contribution in [0, 0.1) is 11.3 Å². The van der Waals surface area contributed by atoms with Gasteiger partial charge in [-0.1, -0.05) is 0 Å². The number of ether oxygens (including phenoxy) is 1. The van der Waals surface area contributed by atoms with E-state index in [1.165, 1.54) is 0 Å². The first kappa shape index (κ1) is 11.5. The zero-order chi connectivity index (χ0) is 11.1. The van der Waals surface area contributed by atoms with E-state index in [0.717, 1.165) is 18.8 Å². The van der Waals surface area contributed by atoms with E-state index >= 15 is 0 Å². The quantitative estimate of drug-likeness (QED) is 0.801. The lowest BCUT2D eigenvalue weighted by Gasteiger charge is -2.13. The van der Waals surface area contributed by atoms with E-state index in [9.17, 15) is 0 Å². The smallest absolute Gasteiger partial charge is 0.0991 e. The van der Waals surface area contributed by atoms with Crippen LogP contribution in [0.2, 0.25) is 0 Å². The maximum absolute atomic E-state index is 8.63. The average Bonchev–Trinajstić information content (AvgIpc) is 2.27. The van der Waals surface area contributed by atoms with E-state index in [-0.39, 0.29) is 6.10 Å². The monoisotopic (exact) mass is 204 g/mol. The first-order valence-corrected chi connectivity index (χ1v) is 5.12. The van der Waals surface area contributed by atoms with Crippen LogP contribution in [0.4, 0.5) is 5.69 Å². The second-order valence-corrected chi connectivity index (χ2v) is 3.34. The molecular formula is C12H16N2O. The van der Waals surface area contributed by atoms with Crippen LogP contribution in [0.5, 0.6) is 0 Å². The van der Waals surface area contributed by atoms with E-state index < -0.39 is 0 Å². The fraction of sp³-hybridized carbons (Fsp3) is 0.417. The molecule has 80 valence electrons. The van der Waals surface area contributed by atoms with E-state index in [1.807, 2.05) is 26.0 Å². The second-order valence-electron chi connectivity index (χ2n) is 3.34. The first-order chi connectivity index (χ1) is 7.26. The molecule has 1 rings (SSSR count). The molecule has 1 unspecified atom stereocenters. The van der Waals surface area contributed by atoms with Gasteiger partial charge in [-0.3, -0.25) is 0 Å². The van der Waals surface area contributed by atoms with Crippen molar-refractivity contribution in [3.63, 3.8) is 0 Å². The fourth-order valence-electron chi connectivity index (χ4n) is 1.27. The van der Waals surface area contributed by atoms with Crippen LogP contribution in [0.15, 0.2) is 24.3 Å². The minimum Gasteiger partial charge on any atom is -0.382 e. The van der Waals surface area contributed by atoms with E-state index in [2.05, 4.69) is 11.4 Å². The molecule has 1 aromatic carbocycles. The molecule has 1 atom stereocenters. The summed E-state index contributed by atoms with van der Waals surface area (Å²) < 4.78 is 5.39. The van der Waals surface area contributed by atoms with Crippen LogP contribution < -0.4 is 5.32 Å². The average molecular weight is 204 g/mol. The van der Waals surface area contributed by atoms with Crippen molar-refractivity contribution in [1.82, 2.24) is 0 Å². The van der Waals surface area contributed by atoms with Gasteiger partial charge in [-0.05, 0) is 38.1 Å². The Bertz CT molecular complexity index is 326. The number of benzene rings is 1. The Balaban J connectivity index is 2.41. The Labute approximate surface area is 90.7 Å². The number of nitrogens with zero attached hydrogens (tertiary/aromatic N) is 1. The summed E-state index contributed by atoms with van der Waals surface area (Å²) in [6, 6.07) is 9.49. The zero-order valence-corrected chi connectivity index (χ0v) is 9.16. The molecule has 0 spiro atoms. The summed E-state index contributed by atoms with van der Waals surface area (Å²) in [7, 11) is 0. The van der Waals surface area contributed by atoms with Gasteiger partial charge in [0.1, 0.15) is 0 Å². The molecule has 0 saturated carbocycles. The van der Waals surface area contributed by atoms with Crippen molar-refractivity contribution in [2.45, 2.75) is 20.0 Å². The molecule has 0 radical (unpaired) electrons. The largest absolute Gasteiger partial charge is 0.382 e. The number of rotatable bonds is 5. The summed E-state index contributed by atoms with van der Waals surface area (Å²) >= 11 is 0. The summed E-state index contributed by atoms with van der Waals surface area (Å²) in [5.74, 6) is 0. The lowest BCUT2D eigenvalue weighted by molar-refractivity contribution is 0.0855. The summed E-state index contributed by atoms with van der Waals surface area (Å²) in [6.07, 6.45) is 0.200. The van der Waals surface area contributed by atoms with Crippen LogP contribution >= 0.6 is 0 Å². The summed E-state index contributed by atoms with van der Waals surface area (Å²) in [5, 5.41) is 11.9. The number of hydrogen-bond donors (Lipinski definition) is 1. The van der Waals surface area contributed by atoms with E-state index in [1.54, 1.807) is 12.1 Å². The molecule has 0 bridgehead atoms. The number of nitrogens with one attached hydrogen (secondary N) is 1. The van der Waals surface area contributed by atoms with Crippen molar-refractivity contribution in [1.29, 1.82) is 5.26 Å². The molecule has 0 heterocycles. The molecule has 0 aliphatic carbocycles. The van der Waals surface area contributed by atoms with Gasteiger partial charge in [0.15, 0.2) is 0 Å². The standard InChI is InChI=1S/C12H16N2O/c1-3-15-10(2)9-14-12-6-4-11(8-13)5-7-12/h4-7,10,14H,3,9H2,1-2H3. The third-order valence-electron chi connectivity index (χ3n) is 2.06. The summed E-state index contributed by atoms with van der Waals surface area (Å²) in [6.45, 7) is 5.52. The highest BCUT2D eigenvalue weighted by Gasteiger charge is 2.00. The highest BCUT2D eigenvalue weighted by Crippen LogP contribution is 2.08. The van der Waals surface area contributed by atoms with Crippen LogP contribution in [0.1, 0.15) is 19.4 Å². The molecule has 1 aromatic rings. The molecule has 3 nitrogen and oxygen atoms in total. The van der Waals surface area contributed by atoms with Crippen molar-refractivity contribution in [3.05, 3.63) is 29.8 Å². The molecule has 0 aromatic heterocycles. The first-order valence-electron chi connectivity index (χ1n) is 5.12. The minimum absolute atomic E-state index is 0.200. The van der Waals surface area contributed by atoms with Gasteiger partial charge >= 0.3 is 0 Å². The second kappa shape index (κ2) is 6.05. The number of nitriles is 1. The zero-order valence-electron chi connectivity index (χ0n) is 9.16. The number of anilines is 1. The Morgan fingerprint density at radius 1 is 1.40 bits per heavy atom. The van der Waals surface area contributed by atoms with E-state index in [0.29, 0.717) is 5.56 Å². The van der Waals surface area contributed by atoms with Crippen molar-refractivity contribution >= 4 is 5.69 Å². The van der Waals surface area contributed by atoms with E-state index in [4.69, 9.17) is 10.00 Å². The maximum Gasteiger partial charge on any atom is 0.0991 e. The van der Waals surface area contributed by atoms with Gasteiger partial charge in [0.25, 0.3) is 0 Å². The molecule has 0 fully saturated rings. The Hall–Kier alpha value is -1.53. The molecule has 1 N–H and O–H groups in total. The van der Waals surface area contributed by atoms with Gasteiger partial charge in [0.05, 0.1) is 17.7 Å². The third kappa shape index (κ3) is 4.01. The Morgan fingerprint density at radius 3 is 2.60 bits per heavy atom. The Kier molecular flexibility index (Phi) is 4.65. The van der Waals surface area contributed by atoms with Crippen molar-refractivity contribution in [2.24, 2.45) is 0 Å². The lowest BCUT2D eigenvalue weighted by atomic mass is 10.2. The van der Waals surface area contributed by atoms with Gasteiger partial charge in [0, 0.05) is 18.8 Å². The highest BCUT2D eigenvalue weighted by atomic mass is 16.5. The predicted molar refractivity (Wildman–Crippen MR) is 60.7 cm³/mol. The van der Waals surface area contributed by atoms with Crippen LogP contribution in [0.25, 0.3) is 0 Å². The molecule has 15 heavy (non-hydrogen) atoms. The van der Waals surface area contributed by atoms with Crippen LogP contribution in [0.3, 0.4) is 0 Å². The van der Waals surface area contributed by atoms with Crippen molar-refractivity contribution in [3.8, 4) is 6.07 Å². The highest BCUT2D eigenvalue weighted by molar-refractivity contribution is 5.47. The summed E-state index contributed by atoms with van der Waals surface area (Å²) in [5.41, 5.74) is 1.69. The van der Waals surface area contributed by atoms with Crippen molar-refractivity contribution in [2.75, 3.05) is 18.5 Å². The Morgan fingerprint density at radius 2 is 2.07 bits per heavy atom. The van der Waals surface area contributed by atoms with Gasteiger partial charge in [-0.15, -0.1) is 0 Å².